The van der Waals surface area contributed by atoms with Crippen molar-refractivity contribution in [3.8, 4) is 0 Å². The van der Waals surface area contributed by atoms with Crippen LogP contribution in [0.1, 0.15) is 51.7 Å². The Balaban J connectivity index is 1.51. The number of fused-ring (bicyclic) bond motifs is 2. The second-order valence-electron chi connectivity index (χ2n) is 7.73. The van der Waals surface area contributed by atoms with Gasteiger partial charge in [-0.2, -0.15) is 5.10 Å². The Hall–Kier alpha value is -3.34. The number of nitrogens with zero attached hydrogens (tertiary/aromatic N) is 2. The van der Waals surface area contributed by atoms with Gasteiger partial charge in [0.1, 0.15) is 11.4 Å². The molecule has 5 rings (SSSR count). The van der Waals surface area contributed by atoms with Crippen LogP contribution in [0, 0.1) is 13.8 Å². The van der Waals surface area contributed by atoms with Gasteiger partial charge in [0, 0.05) is 16.5 Å². The molecule has 0 aliphatic heterocycles. The van der Waals surface area contributed by atoms with E-state index in [0.29, 0.717) is 5.76 Å². The molecule has 1 N–H and O–H groups in total. The Morgan fingerprint density at radius 1 is 1.14 bits per heavy atom. The van der Waals surface area contributed by atoms with Crippen LogP contribution in [0.3, 0.4) is 0 Å². The summed E-state index contributed by atoms with van der Waals surface area (Å²) in [5, 5.41) is 8.66. The van der Waals surface area contributed by atoms with Crippen molar-refractivity contribution in [1.82, 2.24) is 9.78 Å². The summed E-state index contributed by atoms with van der Waals surface area (Å²) in [6, 6.07) is 16.4. The van der Waals surface area contributed by atoms with E-state index in [0.717, 1.165) is 47.2 Å². The van der Waals surface area contributed by atoms with E-state index in [4.69, 9.17) is 4.42 Å². The third-order valence-electron chi connectivity index (χ3n) is 5.89. The summed E-state index contributed by atoms with van der Waals surface area (Å²) in [7, 11) is 0. The normalized spacial score (nSPS) is 16.0. The van der Waals surface area contributed by atoms with Gasteiger partial charge >= 0.3 is 0 Å². The van der Waals surface area contributed by atoms with Gasteiger partial charge in [0.2, 0.25) is 0 Å². The third kappa shape index (κ3) is 2.94. The van der Waals surface area contributed by atoms with Crippen LogP contribution < -0.4 is 5.32 Å². The van der Waals surface area contributed by atoms with Crippen molar-refractivity contribution in [2.24, 2.45) is 0 Å². The minimum Gasteiger partial charge on any atom is -0.451 e. The number of hydrogen-bond donors (Lipinski definition) is 1. The van der Waals surface area contributed by atoms with Crippen LogP contribution in [0.25, 0.3) is 11.0 Å². The molecule has 0 saturated heterocycles. The molecular weight excluding hydrogens is 362 g/mol. The number of anilines is 1. The molecule has 1 atom stereocenters. The van der Waals surface area contributed by atoms with E-state index >= 15 is 0 Å². The summed E-state index contributed by atoms with van der Waals surface area (Å²) in [5.41, 5.74) is 5.17. The molecule has 0 radical (unpaired) electrons. The molecule has 4 aromatic rings. The molecule has 1 aliphatic rings. The van der Waals surface area contributed by atoms with Crippen molar-refractivity contribution in [2.45, 2.75) is 39.2 Å². The van der Waals surface area contributed by atoms with Crippen LogP contribution >= 0.6 is 0 Å². The van der Waals surface area contributed by atoms with Crippen LogP contribution in [0.4, 0.5) is 5.82 Å². The van der Waals surface area contributed by atoms with Gasteiger partial charge in [0.05, 0.1) is 12.2 Å². The molecule has 5 nitrogen and oxygen atoms in total. The number of carbonyl (C=O) groups is 1. The van der Waals surface area contributed by atoms with Crippen LogP contribution in [0.15, 0.2) is 59.1 Å². The first kappa shape index (κ1) is 17.7. The highest BCUT2D eigenvalue weighted by molar-refractivity contribution is 6.06. The number of carbonyl (C=O) groups excluding carboxylic acids is 1. The van der Waals surface area contributed by atoms with Crippen LogP contribution in [-0.4, -0.2) is 15.7 Å². The molecule has 2 heterocycles. The second-order valence-corrected chi connectivity index (χ2v) is 7.73. The van der Waals surface area contributed by atoms with E-state index in [1.807, 2.05) is 49.0 Å². The van der Waals surface area contributed by atoms with Crippen molar-refractivity contribution < 1.29 is 9.21 Å². The number of benzene rings is 2. The molecule has 5 heteroatoms. The topological polar surface area (TPSA) is 60.1 Å². The van der Waals surface area contributed by atoms with Gasteiger partial charge in [-0.15, -0.1) is 0 Å². The Labute approximate surface area is 169 Å². The van der Waals surface area contributed by atoms with Gasteiger partial charge < -0.3 is 9.73 Å². The van der Waals surface area contributed by atoms with Gasteiger partial charge in [-0.3, -0.25) is 4.79 Å². The number of aryl methyl sites for hydroxylation is 3. The standard InChI is InChI=1S/C24H23N3O2/c1-15-14-25-27(20-12-7-9-17-8-3-4-11-19(17)20)23(15)26-24(28)22-16(2)18-10-5-6-13-21(18)29-22/h3-6,8,10-11,13-14,20H,7,9,12H2,1-2H3,(H,26,28). The molecular formula is C24H23N3O2. The molecule has 146 valence electrons. The van der Waals surface area contributed by atoms with E-state index in [2.05, 4.69) is 34.7 Å². The zero-order valence-corrected chi connectivity index (χ0v) is 16.6. The van der Waals surface area contributed by atoms with Gasteiger partial charge in [0.15, 0.2) is 5.76 Å². The maximum absolute atomic E-state index is 13.1. The highest BCUT2D eigenvalue weighted by Crippen LogP contribution is 2.35. The summed E-state index contributed by atoms with van der Waals surface area (Å²) >= 11 is 0. The molecule has 1 unspecified atom stereocenters. The quantitative estimate of drug-likeness (QED) is 0.512. The van der Waals surface area contributed by atoms with E-state index < -0.39 is 0 Å². The first-order valence-corrected chi connectivity index (χ1v) is 10.0. The van der Waals surface area contributed by atoms with Crippen LogP contribution in [-0.2, 0) is 6.42 Å². The number of furan rings is 1. The van der Waals surface area contributed by atoms with E-state index in [-0.39, 0.29) is 11.9 Å². The lowest BCUT2D eigenvalue weighted by Crippen LogP contribution is -2.22. The largest absolute Gasteiger partial charge is 0.451 e. The summed E-state index contributed by atoms with van der Waals surface area (Å²) in [6.45, 7) is 3.89. The predicted molar refractivity (Wildman–Crippen MR) is 113 cm³/mol. The van der Waals surface area contributed by atoms with Crippen LogP contribution in [0.2, 0.25) is 0 Å². The maximum Gasteiger partial charge on any atom is 0.292 e. The van der Waals surface area contributed by atoms with Gasteiger partial charge in [-0.25, -0.2) is 4.68 Å². The maximum atomic E-state index is 13.1. The molecule has 2 aromatic heterocycles. The summed E-state index contributed by atoms with van der Waals surface area (Å²) < 4.78 is 7.81. The van der Waals surface area contributed by atoms with Gasteiger partial charge in [0.25, 0.3) is 5.91 Å². The van der Waals surface area contributed by atoms with Crippen molar-refractivity contribution in [3.63, 3.8) is 0 Å². The molecule has 0 fully saturated rings. The van der Waals surface area contributed by atoms with Crippen molar-refractivity contribution >= 4 is 22.7 Å². The molecule has 2 aromatic carbocycles. The first-order valence-electron chi connectivity index (χ1n) is 10.0. The monoisotopic (exact) mass is 385 g/mol. The number of aromatic nitrogens is 2. The lowest BCUT2D eigenvalue weighted by molar-refractivity contribution is 0.0996. The molecule has 0 saturated carbocycles. The number of rotatable bonds is 3. The minimum atomic E-state index is -0.243. The first-order chi connectivity index (χ1) is 14.1. The van der Waals surface area contributed by atoms with E-state index in [9.17, 15) is 4.79 Å². The smallest absolute Gasteiger partial charge is 0.292 e. The predicted octanol–water partition coefficient (Wildman–Crippen LogP) is 5.42. The number of hydrogen-bond acceptors (Lipinski definition) is 3. The zero-order valence-electron chi connectivity index (χ0n) is 16.6. The van der Waals surface area contributed by atoms with E-state index in [1.54, 1.807) is 0 Å². The minimum absolute atomic E-state index is 0.126. The fraction of sp³-hybridized carbons (Fsp3) is 0.250. The lowest BCUT2D eigenvalue weighted by Gasteiger charge is -2.27. The fourth-order valence-corrected chi connectivity index (χ4v) is 4.38. The number of amides is 1. The summed E-state index contributed by atoms with van der Waals surface area (Å²) in [5.74, 6) is 0.839. The summed E-state index contributed by atoms with van der Waals surface area (Å²) in [4.78, 5) is 13.1. The SMILES string of the molecule is Cc1cnn(C2CCCc3ccccc32)c1NC(=O)c1oc2ccccc2c1C. The van der Waals surface area contributed by atoms with E-state index in [1.165, 1.54) is 11.1 Å². The Bertz CT molecular complexity index is 1220. The average Bonchev–Trinajstić information content (AvgIpc) is 3.28. The lowest BCUT2D eigenvalue weighted by atomic mass is 9.88. The van der Waals surface area contributed by atoms with Crippen LogP contribution in [0.5, 0.6) is 0 Å². The Morgan fingerprint density at radius 3 is 2.79 bits per heavy atom. The van der Waals surface area contributed by atoms with Crippen molar-refractivity contribution in [2.75, 3.05) is 5.32 Å². The number of nitrogens with one attached hydrogen (secondary N) is 1. The second kappa shape index (κ2) is 6.92. The molecule has 1 aliphatic carbocycles. The molecule has 0 spiro atoms. The number of para-hydroxylation sites is 1. The molecule has 0 bridgehead atoms. The fourth-order valence-electron chi connectivity index (χ4n) is 4.38. The highest BCUT2D eigenvalue weighted by atomic mass is 16.3. The molecule has 29 heavy (non-hydrogen) atoms. The highest BCUT2D eigenvalue weighted by Gasteiger charge is 2.26. The van der Waals surface area contributed by atoms with Gasteiger partial charge in [-0.05, 0) is 50.3 Å². The van der Waals surface area contributed by atoms with Crippen molar-refractivity contribution in [1.29, 1.82) is 0 Å². The summed E-state index contributed by atoms with van der Waals surface area (Å²) in [6.07, 6.45) is 5.02. The zero-order chi connectivity index (χ0) is 20.0. The Morgan fingerprint density at radius 2 is 1.93 bits per heavy atom. The van der Waals surface area contributed by atoms with Crippen molar-refractivity contribution in [3.05, 3.63) is 82.7 Å². The third-order valence-corrected chi connectivity index (χ3v) is 5.89. The van der Waals surface area contributed by atoms with Gasteiger partial charge in [-0.1, -0.05) is 42.5 Å². The molecule has 1 amide bonds. The Kier molecular flexibility index (Phi) is 4.23. The average molecular weight is 385 g/mol.